The van der Waals surface area contributed by atoms with Crippen LogP contribution in [0.3, 0.4) is 0 Å². The standard InChI is InChI=1S/C11H15F2NO/c1-7(2)3-4-15-11-9(12)5-8(14)6-10(11)13/h5-7H,3-4,14H2,1-2H3. The van der Waals surface area contributed by atoms with Crippen LogP contribution in [0.5, 0.6) is 5.75 Å². The molecule has 15 heavy (non-hydrogen) atoms. The van der Waals surface area contributed by atoms with Crippen LogP contribution in [0.4, 0.5) is 14.5 Å². The lowest BCUT2D eigenvalue weighted by Gasteiger charge is -2.10. The number of benzene rings is 1. The SMILES string of the molecule is CC(C)CCOc1c(F)cc(N)cc1F. The van der Waals surface area contributed by atoms with Gasteiger partial charge in [-0.3, -0.25) is 0 Å². The summed E-state index contributed by atoms with van der Waals surface area (Å²) in [6, 6.07) is 2.10. The van der Waals surface area contributed by atoms with E-state index in [1.54, 1.807) is 0 Å². The molecule has 84 valence electrons. The lowest BCUT2D eigenvalue weighted by molar-refractivity contribution is 0.263. The first-order chi connectivity index (χ1) is 7.00. The van der Waals surface area contributed by atoms with Crippen molar-refractivity contribution in [2.24, 2.45) is 5.92 Å². The van der Waals surface area contributed by atoms with E-state index in [1.807, 2.05) is 13.8 Å². The monoisotopic (exact) mass is 215 g/mol. The van der Waals surface area contributed by atoms with Crippen molar-refractivity contribution in [2.75, 3.05) is 12.3 Å². The molecule has 0 unspecified atom stereocenters. The van der Waals surface area contributed by atoms with Gasteiger partial charge in [-0.05, 0) is 12.3 Å². The van der Waals surface area contributed by atoms with Gasteiger partial charge in [-0.1, -0.05) is 13.8 Å². The lowest BCUT2D eigenvalue weighted by Crippen LogP contribution is -2.05. The Hall–Kier alpha value is -1.32. The maximum absolute atomic E-state index is 13.2. The Morgan fingerprint density at radius 1 is 1.27 bits per heavy atom. The summed E-state index contributed by atoms with van der Waals surface area (Å²) in [5.74, 6) is -1.41. The van der Waals surface area contributed by atoms with E-state index in [2.05, 4.69) is 0 Å². The predicted molar refractivity (Wildman–Crippen MR) is 55.7 cm³/mol. The quantitative estimate of drug-likeness (QED) is 0.783. The molecule has 0 spiro atoms. The molecule has 0 heterocycles. The van der Waals surface area contributed by atoms with Gasteiger partial charge in [-0.2, -0.15) is 0 Å². The Morgan fingerprint density at radius 3 is 2.27 bits per heavy atom. The third-order valence-electron chi connectivity index (χ3n) is 1.96. The number of hydrogen-bond acceptors (Lipinski definition) is 2. The Labute approximate surface area is 88.0 Å². The van der Waals surface area contributed by atoms with Gasteiger partial charge >= 0.3 is 0 Å². The van der Waals surface area contributed by atoms with E-state index in [0.717, 1.165) is 18.6 Å². The van der Waals surface area contributed by atoms with Crippen LogP contribution < -0.4 is 10.5 Å². The lowest BCUT2D eigenvalue weighted by atomic mass is 10.1. The number of anilines is 1. The first-order valence-corrected chi connectivity index (χ1v) is 4.88. The highest BCUT2D eigenvalue weighted by molar-refractivity contribution is 5.44. The summed E-state index contributed by atoms with van der Waals surface area (Å²) in [5, 5.41) is 0. The molecule has 0 saturated heterocycles. The molecule has 0 aliphatic heterocycles. The molecule has 1 aromatic rings. The number of rotatable bonds is 4. The zero-order valence-electron chi connectivity index (χ0n) is 8.89. The number of halogens is 2. The molecule has 0 aliphatic rings. The maximum atomic E-state index is 13.2. The van der Waals surface area contributed by atoms with Crippen LogP contribution in [0, 0.1) is 17.6 Å². The van der Waals surface area contributed by atoms with Crippen molar-refractivity contribution in [3.8, 4) is 5.75 Å². The topological polar surface area (TPSA) is 35.2 Å². The van der Waals surface area contributed by atoms with E-state index >= 15 is 0 Å². The van der Waals surface area contributed by atoms with E-state index in [9.17, 15) is 8.78 Å². The molecule has 2 nitrogen and oxygen atoms in total. The largest absolute Gasteiger partial charge is 0.488 e. The Kier molecular flexibility index (Phi) is 3.88. The van der Waals surface area contributed by atoms with Crippen molar-refractivity contribution in [2.45, 2.75) is 20.3 Å². The van der Waals surface area contributed by atoms with Crippen molar-refractivity contribution >= 4 is 5.69 Å². The van der Waals surface area contributed by atoms with Crippen molar-refractivity contribution < 1.29 is 13.5 Å². The second-order valence-electron chi connectivity index (χ2n) is 3.84. The van der Waals surface area contributed by atoms with Crippen molar-refractivity contribution in [1.29, 1.82) is 0 Å². The van der Waals surface area contributed by atoms with E-state index in [0.29, 0.717) is 12.5 Å². The molecule has 0 aliphatic carbocycles. The van der Waals surface area contributed by atoms with E-state index in [4.69, 9.17) is 10.5 Å². The minimum absolute atomic E-state index is 0.0567. The van der Waals surface area contributed by atoms with Crippen LogP contribution >= 0.6 is 0 Å². The molecule has 1 aromatic carbocycles. The van der Waals surface area contributed by atoms with Crippen molar-refractivity contribution in [3.63, 3.8) is 0 Å². The highest BCUT2D eigenvalue weighted by atomic mass is 19.1. The second-order valence-corrected chi connectivity index (χ2v) is 3.84. The van der Waals surface area contributed by atoms with Gasteiger partial charge in [0.05, 0.1) is 6.61 Å². The summed E-state index contributed by atoms with van der Waals surface area (Å²) in [5.41, 5.74) is 5.33. The molecule has 0 bridgehead atoms. The fourth-order valence-electron chi connectivity index (χ4n) is 1.11. The summed E-state index contributed by atoms with van der Waals surface area (Å²) in [7, 11) is 0. The molecule has 0 saturated carbocycles. The van der Waals surface area contributed by atoms with Gasteiger partial charge in [0.15, 0.2) is 17.4 Å². The third kappa shape index (κ3) is 3.38. The first-order valence-electron chi connectivity index (χ1n) is 4.88. The molecule has 0 amide bonds. The Morgan fingerprint density at radius 2 is 1.80 bits per heavy atom. The maximum Gasteiger partial charge on any atom is 0.190 e. The molecule has 0 radical (unpaired) electrons. The highest BCUT2D eigenvalue weighted by Crippen LogP contribution is 2.24. The van der Waals surface area contributed by atoms with Crippen molar-refractivity contribution in [3.05, 3.63) is 23.8 Å². The molecule has 0 atom stereocenters. The van der Waals surface area contributed by atoms with Crippen LogP contribution in [0.1, 0.15) is 20.3 Å². The molecule has 0 aromatic heterocycles. The Balaban J connectivity index is 2.68. The van der Waals surface area contributed by atoms with Crippen molar-refractivity contribution in [1.82, 2.24) is 0 Å². The van der Waals surface area contributed by atoms with Gasteiger partial charge in [-0.15, -0.1) is 0 Å². The molecule has 2 N–H and O–H groups in total. The van der Waals surface area contributed by atoms with Gasteiger partial charge in [0.2, 0.25) is 0 Å². The van der Waals surface area contributed by atoms with E-state index in [-0.39, 0.29) is 11.4 Å². The number of nitrogen functional groups attached to an aromatic ring is 1. The predicted octanol–water partition coefficient (Wildman–Crippen LogP) is 2.97. The molecular weight excluding hydrogens is 200 g/mol. The average molecular weight is 215 g/mol. The van der Waals surface area contributed by atoms with E-state index in [1.165, 1.54) is 0 Å². The number of nitrogens with two attached hydrogens (primary N) is 1. The summed E-state index contributed by atoms with van der Waals surface area (Å²) < 4.78 is 31.4. The minimum atomic E-state index is -0.753. The number of hydrogen-bond donors (Lipinski definition) is 1. The molecule has 1 rings (SSSR count). The summed E-state index contributed by atoms with van der Waals surface area (Å²) in [6.45, 7) is 4.33. The first kappa shape index (κ1) is 11.8. The van der Waals surface area contributed by atoms with Gasteiger partial charge in [-0.25, -0.2) is 8.78 Å². The van der Waals surface area contributed by atoms with Crippen LogP contribution in [-0.2, 0) is 0 Å². The van der Waals surface area contributed by atoms with Gasteiger partial charge in [0.25, 0.3) is 0 Å². The fourth-order valence-corrected chi connectivity index (χ4v) is 1.11. The highest BCUT2D eigenvalue weighted by Gasteiger charge is 2.11. The summed E-state index contributed by atoms with van der Waals surface area (Å²) in [6.07, 6.45) is 0.753. The normalized spacial score (nSPS) is 10.7. The second kappa shape index (κ2) is 4.96. The van der Waals surface area contributed by atoms with Crippen LogP contribution in [0.15, 0.2) is 12.1 Å². The van der Waals surface area contributed by atoms with Gasteiger partial charge in [0.1, 0.15) is 0 Å². The minimum Gasteiger partial charge on any atom is -0.488 e. The van der Waals surface area contributed by atoms with Crippen LogP contribution in [0.25, 0.3) is 0 Å². The van der Waals surface area contributed by atoms with Gasteiger partial charge < -0.3 is 10.5 Å². The van der Waals surface area contributed by atoms with E-state index < -0.39 is 11.6 Å². The zero-order chi connectivity index (χ0) is 11.4. The zero-order valence-corrected chi connectivity index (χ0v) is 8.89. The average Bonchev–Trinajstić information content (AvgIpc) is 2.08. The Bertz CT molecular complexity index is 316. The number of ether oxygens (including phenoxy) is 1. The van der Waals surface area contributed by atoms with Crippen LogP contribution in [0.2, 0.25) is 0 Å². The molecule has 4 heteroatoms. The fraction of sp³-hybridized carbons (Fsp3) is 0.455. The van der Waals surface area contributed by atoms with Crippen LogP contribution in [-0.4, -0.2) is 6.61 Å². The van der Waals surface area contributed by atoms with Gasteiger partial charge in [0, 0.05) is 17.8 Å². The molecular formula is C11H15F2NO. The third-order valence-corrected chi connectivity index (χ3v) is 1.96. The molecule has 0 fully saturated rings. The summed E-state index contributed by atoms with van der Waals surface area (Å²) in [4.78, 5) is 0. The smallest absolute Gasteiger partial charge is 0.190 e. The summed E-state index contributed by atoms with van der Waals surface area (Å²) >= 11 is 0.